The lowest BCUT2D eigenvalue weighted by molar-refractivity contribution is 0.167. The van der Waals surface area contributed by atoms with Gasteiger partial charge in [0, 0.05) is 18.6 Å². The first-order valence-corrected chi connectivity index (χ1v) is 5.20. The molecule has 0 radical (unpaired) electrons. The van der Waals surface area contributed by atoms with E-state index in [1.165, 1.54) is 12.1 Å². The Hall–Kier alpha value is -1.60. The zero-order valence-electron chi connectivity index (χ0n) is 8.78. The number of rotatable bonds is 3. The maximum Gasteiger partial charge on any atom is 0.144 e. The predicted molar refractivity (Wildman–Crippen MR) is 55.5 cm³/mol. The normalized spacial score (nSPS) is 19.4. The molecular weight excluding hydrogens is 209 g/mol. The maximum atomic E-state index is 13.2. The van der Waals surface area contributed by atoms with Crippen LogP contribution in [0.2, 0.25) is 0 Å². The van der Waals surface area contributed by atoms with Crippen molar-refractivity contribution < 1.29 is 13.9 Å². The fraction of sp³-hybridized carbons (Fsp3) is 0.417. The van der Waals surface area contributed by atoms with Crippen LogP contribution in [-0.4, -0.2) is 19.8 Å². The number of hydrogen-bond donors (Lipinski definition) is 0. The molecule has 2 rings (SSSR count). The van der Waals surface area contributed by atoms with Gasteiger partial charge in [-0.25, -0.2) is 4.39 Å². The topological polar surface area (TPSA) is 42.2 Å². The van der Waals surface area contributed by atoms with Gasteiger partial charge in [0.2, 0.25) is 0 Å². The maximum absolute atomic E-state index is 13.2. The lowest BCUT2D eigenvalue weighted by Gasteiger charge is -2.10. The van der Waals surface area contributed by atoms with Crippen molar-refractivity contribution in [3.63, 3.8) is 0 Å². The van der Waals surface area contributed by atoms with Crippen LogP contribution in [0.15, 0.2) is 18.2 Å². The lowest BCUT2D eigenvalue weighted by Crippen LogP contribution is -2.11. The number of hydrogen-bond acceptors (Lipinski definition) is 3. The van der Waals surface area contributed by atoms with E-state index in [9.17, 15) is 4.39 Å². The summed E-state index contributed by atoms with van der Waals surface area (Å²) in [6, 6.07) is 6.05. The molecule has 1 saturated heterocycles. The lowest BCUT2D eigenvalue weighted by atomic mass is 10.1. The van der Waals surface area contributed by atoms with Crippen LogP contribution in [0.1, 0.15) is 12.0 Å². The fourth-order valence-electron chi connectivity index (χ4n) is 1.61. The highest BCUT2D eigenvalue weighted by atomic mass is 19.1. The zero-order valence-corrected chi connectivity index (χ0v) is 8.78. The van der Waals surface area contributed by atoms with Gasteiger partial charge in [-0.2, -0.15) is 5.26 Å². The summed E-state index contributed by atoms with van der Waals surface area (Å²) in [6.45, 7) is 2.01. The van der Waals surface area contributed by atoms with Crippen LogP contribution in [0.3, 0.4) is 0 Å². The van der Waals surface area contributed by atoms with Gasteiger partial charge in [0.05, 0.1) is 18.8 Å². The van der Waals surface area contributed by atoms with Gasteiger partial charge < -0.3 is 9.47 Å². The summed E-state index contributed by atoms with van der Waals surface area (Å²) in [5.41, 5.74) is 0.0385. The third-order valence-electron chi connectivity index (χ3n) is 2.57. The van der Waals surface area contributed by atoms with E-state index in [4.69, 9.17) is 14.7 Å². The van der Waals surface area contributed by atoms with Crippen LogP contribution in [0.25, 0.3) is 0 Å². The van der Waals surface area contributed by atoms with Crippen LogP contribution in [0.4, 0.5) is 4.39 Å². The van der Waals surface area contributed by atoms with E-state index in [0.717, 1.165) is 13.0 Å². The Kier molecular flexibility index (Phi) is 3.37. The number of halogens is 1. The molecule has 1 aromatic carbocycles. The summed E-state index contributed by atoms with van der Waals surface area (Å²) < 4.78 is 23.9. The molecule has 16 heavy (non-hydrogen) atoms. The number of nitriles is 1. The van der Waals surface area contributed by atoms with Gasteiger partial charge >= 0.3 is 0 Å². The molecule has 1 aliphatic rings. The van der Waals surface area contributed by atoms with Crippen LogP contribution in [-0.2, 0) is 4.74 Å². The van der Waals surface area contributed by atoms with Crippen molar-refractivity contribution in [3.8, 4) is 11.8 Å². The third-order valence-corrected chi connectivity index (χ3v) is 2.57. The van der Waals surface area contributed by atoms with Gasteiger partial charge in [-0.15, -0.1) is 0 Å². The van der Waals surface area contributed by atoms with E-state index < -0.39 is 5.82 Å². The SMILES string of the molecule is N#Cc1ccc(OCC2CCOC2)cc1F. The first-order valence-electron chi connectivity index (χ1n) is 5.20. The molecule has 4 heteroatoms. The van der Waals surface area contributed by atoms with E-state index in [1.807, 2.05) is 0 Å². The summed E-state index contributed by atoms with van der Waals surface area (Å²) >= 11 is 0. The Morgan fingerprint density at radius 2 is 2.44 bits per heavy atom. The van der Waals surface area contributed by atoms with Gasteiger partial charge in [0.25, 0.3) is 0 Å². The van der Waals surface area contributed by atoms with Crippen LogP contribution < -0.4 is 4.74 Å². The molecule has 3 nitrogen and oxygen atoms in total. The van der Waals surface area contributed by atoms with Crippen LogP contribution in [0.5, 0.6) is 5.75 Å². The quantitative estimate of drug-likeness (QED) is 0.785. The molecule has 1 atom stereocenters. The summed E-state index contributed by atoms with van der Waals surface area (Å²) in [5.74, 6) is 0.310. The van der Waals surface area contributed by atoms with Crippen molar-refractivity contribution in [3.05, 3.63) is 29.6 Å². The van der Waals surface area contributed by atoms with E-state index >= 15 is 0 Å². The van der Waals surface area contributed by atoms with Crippen molar-refractivity contribution in [1.82, 2.24) is 0 Å². The summed E-state index contributed by atoms with van der Waals surface area (Å²) in [6.07, 6.45) is 0.985. The molecule has 1 aliphatic heterocycles. The molecule has 84 valence electrons. The van der Waals surface area contributed by atoms with Crippen LogP contribution in [0, 0.1) is 23.1 Å². The molecule has 1 heterocycles. The average molecular weight is 221 g/mol. The van der Waals surface area contributed by atoms with Crippen molar-refractivity contribution in [2.45, 2.75) is 6.42 Å². The second-order valence-corrected chi connectivity index (χ2v) is 3.79. The second-order valence-electron chi connectivity index (χ2n) is 3.79. The van der Waals surface area contributed by atoms with E-state index in [1.54, 1.807) is 12.1 Å². The zero-order chi connectivity index (χ0) is 11.4. The Morgan fingerprint density at radius 1 is 1.56 bits per heavy atom. The Labute approximate surface area is 93.4 Å². The van der Waals surface area contributed by atoms with Crippen LogP contribution >= 0.6 is 0 Å². The Balaban J connectivity index is 1.94. The van der Waals surface area contributed by atoms with Crippen molar-refractivity contribution in [2.75, 3.05) is 19.8 Å². The minimum atomic E-state index is -0.539. The molecule has 0 aliphatic carbocycles. The highest BCUT2D eigenvalue weighted by Crippen LogP contribution is 2.19. The summed E-state index contributed by atoms with van der Waals surface area (Å²) in [7, 11) is 0. The predicted octanol–water partition coefficient (Wildman–Crippen LogP) is 2.11. The number of benzene rings is 1. The molecule has 0 aromatic heterocycles. The molecule has 1 aromatic rings. The standard InChI is InChI=1S/C12H12FNO2/c13-12-5-11(2-1-10(12)6-14)16-8-9-3-4-15-7-9/h1-2,5,9H,3-4,7-8H2. The number of nitrogens with zero attached hydrogens (tertiary/aromatic N) is 1. The monoisotopic (exact) mass is 221 g/mol. The first-order chi connectivity index (χ1) is 7.79. The Bertz CT molecular complexity index is 408. The highest BCUT2D eigenvalue weighted by molar-refractivity contribution is 5.36. The molecule has 0 amide bonds. The molecule has 0 bridgehead atoms. The van der Waals surface area contributed by atoms with Gasteiger partial charge in [-0.05, 0) is 18.6 Å². The Morgan fingerprint density at radius 3 is 3.06 bits per heavy atom. The van der Waals surface area contributed by atoms with Crippen molar-refractivity contribution >= 4 is 0 Å². The van der Waals surface area contributed by atoms with Gasteiger partial charge in [0.15, 0.2) is 0 Å². The third kappa shape index (κ3) is 2.50. The molecule has 0 saturated carbocycles. The van der Waals surface area contributed by atoms with Gasteiger partial charge in [-0.3, -0.25) is 0 Å². The fourth-order valence-corrected chi connectivity index (χ4v) is 1.61. The first kappa shape index (κ1) is 10.9. The van der Waals surface area contributed by atoms with Gasteiger partial charge in [0.1, 0.15) is 17.6 Å². The van der Waals surface area contributed by atoms with Crippen molar-refractivity contribution in [1.29, 1.82) is 5.26 Å². The summed E-state index contributed by atoms with van der Waals surface area (Å²) in [5, 5.41) is 8.56. The van der Waals surface area contributed by atoms with E-state index in [0.29, 0.717) is 24.9 Å². The summed E-state index contributed by atoms with van der Waals surface area (Å²) in [4.78, 5) is 0. The largest absolute Gasteiger partial charge is 0.493 e. The van der Waals surface area contributed by atoms with Gasteiger partial charge in [-0.1, -0.05) is 0 Å². The smallest absolute Gasteiger partial charge is 0.144 e. The molecule has 0 N–H and O–H groups in total. The van der Waals surface area contributed by atoms with E-state index in [2.05, 4.69) is 0 Å². The molecule has 1 unspecified atom stereocenters. The highest BCUT2D eigenvalue weighted by Gasteiger charge is 2.16. The molecular formula is C12H12FNO2. The average Bonchev–Trinajstić information content (AvgIpc) is 2.79. The molecule has 0 spiro atoms. The minimum absolute atomic E-state index is 0.0385. The molecule has 1 fully saturated rings. The second kappa shape index (κ2) is 4.95. The van der Waals surface area contributed by atoms with Crippen molar-refractivity contribution in [2.24, 2.45) is 5.92 Å². The minimum Gasteiger partial charge on any atom is -0.493 e. The number of ether oxygens (including phenoxy) is 2. The van der Waals surface area contributed by atoms with E-state index in [-0.39, 0.29) is 5.56 Å².